The van der Waals surface area contributed by atoms with Gasteiger partial charge < -0.3 is 25.0 Å². The highest BCUT2D eigenvalue weighted by molar-refractivity contribution is 14.0. The molecule has 7 nitrogen and oxygen atoms in total. The van der Waals surface area contributed by atoms with Gasteiger partial charge in [0.25, 0.3) is 0 Å². The van der Waals surface area contributed by atoms with Crippen LogP contribution in [0.15, 0.2) is 4.99 Å². The first-order valence-corrected chi connectivity index (χ1v) is 8.76. The summed E-state index contributed by atoms with van der Waals surface area (Å²) in [6, 6.07) is 0. The fourth-order valence-corrected chi connectivity index (χ4v) is 2.39. The van der Waals surface area contributed by atoms with Crippen LogP contribution in [-0.4, -0.2) is 102 Å². The summed E-state index contributed by atoms with van der Waals surface area (Å²) >= 11 is 0. The zero-order valence-electron chi connectivity index (χ0n) is 15.6. The number of halogens is 1. The Kier molecular flexibility index (Phi) is 16.2. The number of nitrogens with one attached hydrogen (secondary N) is 2. The van der Waals surface area contributed by atoms with E-state index in [1.54, 1.807) is 7.11 Å². The van der Waals surface area contributed by atoms with Crippen molar-refractivity contribution in [2.45, 2.75) is 13.3 Å². The van der Waals surface area contributed by atoms with E-state index in [1.807, 2.05) is 0 Å². The van der Waals surface area contributed by atoms with Gasteiger partial charge in [-0.15, -0.1) is 24.0 Å². The lowest BCUT2D eigenvalue weighted by Crippen LogP contribution is -2.44. The summed E-state index contributed by atoms with van der Waals surface area (Å²) < 4.78 is 10.4. The van der Waals surface area contributed by atoms with Crippen molar-refractivity contribution in [3.05, 3.63) is 0 Å². The maximum Gasteiger partial charge on any atom is 0.191 e. The van der Waals surface area contributed by atoms with Crippen molar-refractivity contribution < 1.29 is 9.47 Å². The number of guanidine groups is 1. The van der Waals surface area contributed by atoms with Crippen LogP contribution >= 0.6 is 24.0 Å². The molecule has 1 fully saturated rings. The predicted octanol–water partition coefficient (Wildman–Crippen LogP) is 0.460. The molecule has 0 unspecified atom stereocenters. The maximum absolute atomic E-state index is 5.36. The first-order chi connectivity index (χ1) is 11.3. The average Bonchev–Trinajstić information content (AvgIpc) is 2.57. The second kappa shape index (κ2) is 16.3. The Morgan fingerprint density at radius 3 is 2.67 bits per heavy atom. The number of aliphatic imine (C=N–C) groups is 1. The molecule has 1 heterocycles. The van der Waals surface area contributed by atoms with Gasteiger partial charge in [-0.1, -0.05) is 0 Å². The molecule has 0 bridgehead atoms. The summed E-state index contributed by atoms with van der Waals surface area (Å²) in [6.07, 6.45) is 1.06. The molecule has 8 heteroatoms. The van der Waals surface area contributed by atoms with Crippen LogP contribution in [0.3, 0.4) is 0 Å². The van der Waals surface area contributed by atoms with Gasteiger partial charge in [0.1, 0.15) is 0 Å². The molecule has 0 saturated carbocycles. The molecule has 0 aromatic heterocycles. The zero-order chi connectivity index (χ0) is 16.8. The molecule has 24 heavy (non-hydrogen) atoms. The maximum atomic E-state index is 5.36. The van der Waals surface area contributed by atoms with E-state index >= 15 is 0 Å². The van der Waals surface area contributed by atoms with Crippen molar-refractivity contribution in [3.8, 4) is 0 Å². The monoisotopic (exact) mass is 457 g/mol. The Balaban J connectivity index is 0.00000529. The van der Waals surface area contributed by atoms with Crippen LogP contribution in [0.1, 0.15) is 13.3 Å². The summed E-state index contributed by atoms with van der Waals surface area (Å²) in [7, 11) is 3.86. The number of ether oxygens (including phenoxy) is 2. The largest absolute Gasteiger partial charge is 0.383 e. The van der Waals surface area contributed by atoms with Gasteiger partial charge in [-0.3, -0.25) is 9.89 Å². The third-order valence-corrected chi connectivity index (χ3v) is 3.81. The van der Waals surface area contributed by atoms with E-state index in [1.165, 1.54) is 0 Å². The van der Waals surface area contributed by atoms with Gasteiger partial charge in [0.2, 0.25) is 0 Å². The van der Waals surface area contributed by atoms with Crippen LogP contribution in [0.5, 0.6) is 0 Å². The van der Waals surface area contributed by atoms with E-state index in [4.69, 9.17) is 9.47 Å². The average molecular weight is 457 g/mol. The van der Waals surface area contributed by atoms with Gasteiger partial charge >= 0.3 is 0 Å². The van der Waals surface area contributed by atoms with E-state index in [9.17, 15) is 0 Å². The molecule has 0 atom stereocenters. The first-order valence-electron chi connectivity index (χ1n) is 8.76. The van der Waals surface area contributed by atoms with Crippen LogP contribution in [0.25, 0.3) is 0 Å². The smallest absolute Gasteiger partial charge is 0.191 e. The highest BCUT2D eigenvalue weighted by Gasteiger charge is 2.09. The Labute approximate surface area is 164 Å². The van der Waals surface area contributed by atoms with Gasteiger partial charge in [0.15, 0.2) is 5.96 Å². The molecule has 0 aromatic rings. The van der Waals surface area contributed by atoms with Crippen molar-refractivity contribution in [1.82, 2.24) is 20.4 Å². The molecule has 1 aliphatic heterocycles. The highest BCUT2D eigenvalue weighted by Crippen LogP contribution is 1.94. The summed E-state index contributed by atoms with van der Waals surface area (Å²) in [5.74, 6) is 0.917. The fraction of sp³-hybridized carbons (Fsp3) is 0.938. The van der Waals surface area contributed by atoms with Crippen LogP contribution in [0.4, 0.5) is 0 Å². The standard InChI is InChI=1S/C16H35N5O2.HI/c1-4-17-16(18-6-5-8-20(2)10-13-22-3)19-7-9-21-11-14-23-15-12-21;/h4-15H2,1-3H3,(H2,17,18,19);1H. The van der Waals surface area contributed by atoms with Crippen LogP contribution in [0.2, 0.25) is 0 Å². The van der Waals surface area contributed by atoms with Crippen LogP contribution < -0.4 is 10.6 Å². The summed E-state index contributed by atoms with van der Waals surface area (Å²) in [5.41, 5.74) is 0. The fourth-order valence-electron chi connectivity index (χ4n) is 2.39. The van der Waals surface area contributed by atoms with Gasteiger partial charge in [-0.2, -0.15) is 0 Å². The van der Waals surface area contributed by atoms with Gasteiger partial charge in [-0.25, -0.2) is 0 Å². The Hall–Kier alpha value is -0.160. The minimum absolute atomic E-state index is 0. The predicted molar refractivity (Wildman–Crippen MR) is 111 cm³/mol. The van der Waals surface area contributed by atoms with Crippen LogP contribution in [-0.2, 0) is 9.47 Å². The summed E-state index contributed by atoms with van der Waals surface area (Å²) in [5, 5.41) is 6.72. The van der Waals surface area contributed by atoms with E-state index in [2.05, 4.69) is 39.4 Å². The number of hydrogen-bond donors (Lipinski definition) is 2. The number of hydrogen-bond acceptors (Lipinski definition) is 5. The third kappa shape index (κ3) is 12.2. The van der Waals surface area contributed by atoms with E-state index in [0.29, 0.717) is 0 Å². The van der Waals surface area contributed by atoms with Crippen molar-refractivity contribution in [2.75, 3.05) is 86.3 Å². The first kappa shape index (κ1) is 23.8. The second-order valence-corrected chi connectivity index (χ2v) is 5.79. The Morgan fingerprint density at radius 2 is 2.00 bits per heavy atom. The molecule has 1 rings (SSSR count). The number of nitrogens with zero attached hydrogens (tertiary/aromatic N) is 3. The lowest BCUT2D eigenvalue weighted by molar-refractivity contribution is 0.0389. The van der Waals surface area contributed by atoms with Gasteiger partial charge in [0, 0.05) is 52.9 Å². The van der Waals surface area contributed by atoms with E-state index in [-0.39, 0.29) is 24.0 Å². The molecule has 0 aliphatic carbocycles. The molecule has 0 aromatic carbocycles. The Morgan fingerprint density at radius 1 is 1.25 bits per heavy atom. The molecular weight excluding hydrogens is 421 g/mol. The molecule has 0 spiro atoms. The summed E-state index contributed by atoms with van der Waals surface area (Å²) in [6.45, 7) is 12.3. The van der Waals surface area contributed by atoms with Crippen molar-refractivity contribution in [1.29, 1.82) is 0 Å². The minimum Gasteiger partial charge on any atom is -0.383 e. The van der Waals surface area contributed by atoms with E-state index in [0.717, 1.165) is 84.6 Å². The molecule has 2 N–H and O–H groups in total. The molecule has 0 radical (unpaired) electrons. The zero-order valence-corrected chi connectivity index (χ0v) is 17.9. The number of rotatable bonds is 11. The lowest BCUT2D eigenvalue weighted by Gasteiger charge is -2.26. The highest BCUT2D eigenvalue weighted by atomic mass is 127. The molecule has 1 saturated heterocycles. The molecule has 0 amide bonds. The number of likely N-dealkylation sites (N-methyl/N-ethyl adjacent to an activating group) is 1. The summed E-state index contributed by atoms with van der Waals surface area (Å²) in [4.78, 5) is 9.34. The van der Waals surface area contributed by atoms with E-state index < -0.39 is 0 Å². The molecule has 1 aliphatic rings. The topological polar surface area (TPSA) is 61.4 Å². The Bertz CT molecular complexity index is 315. The number of morpholine rings is 1. The number of methoxy groups -OCH3 is 1. The quantitative estimate of drug-likeness (QED) is 0.204. The lowest BCUT2D eigenvalue weighted by atomic mass is 10.4. The molecular formula is C16H36IN5O2. The van der Waals surface area contributed by atoms with Crippen molar-refractivity contribution in [2.24, 2.45) is 4.99 Å². The second-order valence-electron chi connectivity index (χ2n) is 5.79. The van der Waals surface area contributed by atoms with Gasteiger partial charge in [-0.05, 0) is 26.9 Å². The molecule has 144 valence electrons. The normalized spacial score (nSPS) is 16.1. The third-order valence-electron chi connectivity index (χ3n) is 3.81. The van der Waals surface area contributed by atoms with Crippen LogP contribution in [0, 0.1) is 0 Å². The van der Waals surface area contributed by atoms with Crippen molar-refractivity contribution in [3.63, 3.8) is 0 Å². The van der Waals surface area contributed by atoms with Gasteiger partial charge in [0.05, 0.1) is 19.8 Å². The SMILES string of the molecule is CCNC(=NCCCN(C)CCOC)NCCN1CCOCC1.I. The minimum atomic E-state index is 0. The van der Waals surface area contributed by atoms with Crippen molar-refractivity contribution >= 4 is 29.9 Å².